The highest BCUT2D eigenvalue weighted by atomic mass is 16.5. The summed E-state index contributed by atoms with van der Waals surface area (Å²) in [4.78, 5) is 20.9. The predicted octanol–water partition coefficient (Wildman–Crippen LogP) is 1.81. The van der Waals surface area contributed by atoms with Crippen LogP contribution < -0.4 is 0 Å². The van der Waals surface area contributed by atoms with E-state index in [0.717, 1.165) is 44.8 Å². The van der Waals surface area contributed by atoms with Crippen LogP contribution in [0.4, 0.5) is 0 Å². The summed E-state index contributed by atoms with van der Waals surface area (Å²) in [6.45, 7) is 9.58. The minimum atomic E-state index is 0.114. The standard InChI is InChI=1S/C15H24N4O2/c1-10(2)13-16-14(21-17-13)11(3)18-6-8-19(9-7-18)15(20)12-4-5-12/h10-12H,4-9H2,1-3H3/t11-/m1/s1. The number of hydrogen-bond acceptors (Lipinski definition) is 5. The van der Waals surface area contributed by atoms with Crippen LogP contribution in [0.25, 0.3) is 0 Å². The molecule has 0 spiro atoms. The first-order valence-corrected chi connectivity index (χ1v) is 7.92. The van der Waals surface area contributed by atoms with Crippen molar-refractivity contribution in [2.75, 3.05) is 26.2 Å². The van der Waals surface area contributed by atoms with Gasteiger partial charge in [-0.3, -0.25) is 9.69 Å². The zero-order chi connectivity index (χ0) is 15.0. The van der Waals surface area contributed by atoms with Gasteiger partial charge in [-0.15, -0.1) is 0 Å². The molecular weight excluding hydrogens is 268 g/mol. The molecule has 1 amide bonds. The van der Waals surface area contributed by atoms with Crippen LogP contribution in [0, 0.1) is 5.92 Å². The summed E-state index contributed by atoms with van der Waals surface area (Å²) in [5, 5.41) is 4.03. The third-order valence-corrected chi connectivity index (χ3v) is 4.43. The Kier molecular flexibility index (Phi) is 3.97. The fourth-order valence-corrected chi connectivity index (χ4v) is 2.73. The Hall–Kier alpha value is -1.43. The number of piperazine rings is 1. The van der Waals surface area contributed by atoms with Gasteiger partial charge in [-0.25, -0.2) is 0 Å². The normalized spacial score (nSPS) is 21.8. The minimum Gasteiger partial charge on any atom is -0.340 e. The molecule has 1 aromatic heterocycles. The Morgan fingerprint density at radius 1 is 1.19 bits per heavy atom. The first kappa shape index (κ1) is 14.5. The van der Waals surface area contributed by atoms with E-state index in [1.165, 1.54) is 0 Å². The van der Waals surface area contributed by atoms with Gasteiger partial charge in [0, 0.05) is 38.0 Å². The first-order valence-electron chi connectivity index (χ1n) is 7.92. The van der Waals surface area contributed by atoms with Gasteiger partial charge < -0.3 is 9.42 Å². The van der Waals surface area contributed by atoms with Crippen LogP contribution in [0.15, 0.2) is 4.52 Å². The lowest BCUT2D eigenvalue weighted by Crippen LogP contribution is -2.49. The highest BCUT2D eigenvalue weighted by Gasteiger charge is 2.35. The Morgan fingerprint density at radius 3 is 2.38 bits per heavy atom. The summed E-state index contributed by atoms with van der Waals surface area (Å²) < 4.78 is 5.38. The Bertz CT molecular complexity index is 502. The van der Waals surface area contributed by atoms with Crippen LogP contribution in [0.2, 0.25) is 0 Å². The monoisotopic (exact) mass is 292 g/mol. The number of rotatable bonds is 4. The van der Waals surface area contributed by atoms with E-state index >= 15 is 0 Å². The van der Waals surface area contributed by atoms with Crippen LogP contribution in [0.5, 0.6) is 0 Å². The lowest BCUT2D eigenvalue weighted by molar-refractivity contribution is -0.134. The number of nitrogens with zero attached hydrogens (tertiary/aromatic N) is 4. The van der Waals surface area contributed by atoms with Crippen molar-refractivity contribution in [3.63, 3.8) is 0 Å². The van der Waals surface area contributed by atoms with Crippen molar-refractivity contribution < 1.29 is 9.32 Å². The third-order valence-electron chi connectivity index (χ3n) is 4.43. The maximum absolute atomic E-state index is 12.1. The zero-order valence-corrected chi connectivity index (χ0v) is 13.1. The molecular formula is C15H24N4O2. The summed E-state index contributed by atoms with van der Waals surface area (Å²) >= 11 is 0. The molecule has 2 fully saturated rings. The minimum absolute atomic E-state index is 0.114. The van der Waals surface area contributed by atoms with E-state index in [1.54, 1.807) is 0 Å². The molecule has 0 bridgehead atoms. The fourth-order valence-electron chi connectivity index (χ4n) is 2.73. The van der Waals surface area contributed by atoms with Gasteiger partial charge in [0.2, 0.25) is 11.8 Å². The average molecular weight is 292 g/mol. The van der Waals surface area contributed by atoms with Crippen molar-refractivity contribution >= 4 is 5.91 Å². The maximum Gasteiger partial charge on any atom is 0.243 e. The second kappa shape index (κ2) is 5.75. The van der Waals surface area contributed by atoms with Crippen molar-refractivity contribution in [1.29, 1.82) is 0 Å². The van der Waals surface area contributed by atoms with Crippen LogP contribution in [-0.2, 0) is 4.79 Å². The molecule has 6 nitrogen and oxygen atoms in total. The quantitative estimate of drug-likeness (QED) is 0.847. The van der Waals surface area contributed by atoms with Gasteiger partial charge >= 0.3 is 0 Å². The van der Waals surface area contributed by atoms with E-state index in [2.05, 4.69) is 35.8 Å². The molecule has 116 valence electrons. The molecule has 1 atom stereocenters. The van der Waals surface area contributed by atoms with Crippen LogP contribution >= 0.6 is 0 Å². The molecule has 0 N–H and O–H groups in total. The van der Waals surface area contributed by atoms with E-state index in [4.69, 9.17) is 4.52 Å². The Morgan fingerprint density at radius 2 is 1.86 bits per heavy atom. The van der Waals surface area contributed by atoms with Gasteiger partial charge in [0.1, 0.15) is 0 Å². The molecule has 1 aromatic rings. The number of amides is 1. The van der Waals surface area contributed by atoms with E-state index in [0.29, 0.717) is 17.7 Å². The molecule has 21 heavy (non-hydrogen) atoms. The molecule has 1 aliphatic heterocycles. The fraction of sp³-hybridized carbons (Fsp3) is 0.800. The smallest absolute Gasteiger partial charge is 0.243 e. The molecule has 0 radical (unpaired) electrons. The van der Waals surface area contributed by atoms with Crippen LogP contribution in [-0.4, -0.2) is 52.0 Å². The first-order chi connectivity index (χ1) is 10.1. The van der Waals surface area contributed by atoms with E-state index in [1.807, 2.05) is 4.90 Å². The lowest BCUT2D eigenvalue weighted by atomic mass is 10.2. The lowest BCUT2D eigenvalue weighted by Gasteiger charge is -2.36. The third kappa shape index (κ3) is 3.10. The summed E-state index contributed by atoms with van der Waals surface area (Å²) in [6.07, 6.45) is 2.16. The van der Waals surface area contributed by atoms with Crippen molar-refractivity contribution in [3.8, 4) is 0 Å². The highest BCUT2D eigenvalue weighted by molar-refractivity contribution is 5.81. The van der Waals surface area contributed by atoms with Crippen LogP contribution in [0.3, 0.4) is 0 Å². The van der Waals surface area contributed by atoms with Gasteiger partial charge in [-0.05, 0) is 19.8 Å². The van der Waals surface area contributed by atoms with Crippen molar-refractivity contribution in [2.45, 2.75) is 45.6 Å². The molecule has 2 aliphatic rings. The van der Waals surface area contributed by atoms with E-state index in [9.17, 15) is 4.79 Å². The molecule has 3 rings (SSSR count). The predicted molar refractivity (Wildman–Crippen MR) is 77.7 cm³/mol. The highest BCUT2D eigenvalue weighted by Crippen LogP contribution is 2.31. The Balaban J connectivity index is 1.56. The van der Waals surface area contributed by atoms with Crippen LogP contribution in [0.1, 0.15) is 57.3 Å². The molecule has 6 heteroatoms. The average Bonchev–Trinajstić information content (AvgIpc) is 3.22. The number of carbonyl (C=O) groups excluding carboxylic acids is 1. The van der Waals surface area contributed by atoms with Gasteiger partial charge in [0.15, 0.2) is 5.82 Å². The number of hydrogen-bond donors (Lipinski definition) is 0. The summed E-state index contributed by atoms with van der Waals surface area (Å²) in [5.74, 6) is 2.39. The van der Waals surface area contributed by atoms with E-state index in [-0.39, 0.29) is 12.0 Å². The second-order valence-corrected chi connectivity index (χ2v) is 6.46. The number of carbonyl (C=O) groups is 1. The van der Waals surface area contributed by atoms with Gasteiger partial charge in [0.25, 0.3) is 0 Å². The molecule has 0 aromatic carbocycles. The summed E-state index contributed by atoms with van der Waals surface area (Å²) in [5.41, 5.74) is 0. The van der Waals surface area contributed by atoms with Crippen molar-refractivity contribution in [3.05, 3.63) is 11.7 Å². The van der Waals surface area contributed by atoms with Gasteiger partial charge in [-0.2, -0.15) is 4.98 Å². The topological polar surface area (TPSA) is 62.5 Å². The second-order valence-electron chi connectivity index (χ2n) is 6.46. The SMILES string of the molecule is CC(C)c1noc([C@@H](C)N2CCN(C(=O)C3CC3)CC2)n1. The number of aromatic nitrogens is 2. The largest absolute Gasteiger partial charge is 0.340 e. The molecule has 2 heterocycles. The molecule has 1 saturated carbocycles. The molecule has 1 aliphatic carbocycles. The molecule has 0 unspecified atom stereocenters. The maximum atomic E-state index is 12.1. The Labute approximate surface area is 125 Å². The van der Waals surface area contributed by atoms with Crippen molar-refractivity contribution in [2.24, 2.45) is 5.92 Å². The van der Waals surface area contributed by atoms with Gasteiger partial charge in [-0.1, -0.05) is 19.0 Å². The van der Waals surface area contributed by atoms with Crippen molar-refractivity contribution in [1.82, 2.24) is 19.9 Å². The zero-order valence-electron chi connectivity index (χ0n) is 13.1. The van der Waals surface area contributed by atoms with Gasteiger partial charge in [0.05, 0.1) is 6.04 Å². The summed E-state index contributed by atoms with van der Waals surface area (Å²) in [6, 6.07) is 0.114. The van der Waals surface area contributed by atoms with E-state index < -0.39 is 0 Å². The summed E-state index contributed by atoms with van der Waals surface area (Å²) in [7, 11) is 0. The molecule has 1 saturated heterocycles.